The highest BCUT2D eigenvalue weighted by atomic mass is 32.1. The largest absolute Gasteiger partial charge is 0.364 e. The van der Waals surface area contributed by atoms with E-state index in [1.807, 2.05) is 17.5 Å². The van der Waals surface area contributed by atoms with Crippen LogP contribution < -0.4 is 10.6 Å². The summed E-state index contributed by atoms with van der Waals surface area (Å²) < 4.78 is 0. The number of nitrogens with one attached hydrogen (secondary N) is 2. The van der Waals surface area contributed by atoms with Gasteiger partial charge in [-0.15, -0.1) is 11.3 Å². The number of aromatic nitrogens is 3. The molecule has 0 radical (unpaired) electrons. The number of anilines is 3. The van der Waals surface area contributed by atoms with Crippen LogP contribution in [0.25, 0.3) is 0 Å². The van der Waals surface area contributed by atoms with Crippen LogP contribution >= 0.6 is 11.3 Å². The van der Waals surface area contributed by atoms with Crippen LogP contribution in [0.4, 0.5) is 23.1 Å². The minimum absolute atomic E-state index is 0.104. The van der Waals surface area contributed by atoms with E-state index in [0.717, 1.165) is 6.42 Å². The van der Waals surface area contributed by atoms with Gasteiger partial charge in [0.1, 0.15) is 12.1 Å². The zero-order valence-corrected chi connectivity index (χ0v) is 13.4. The van der Waals surface area contributed by atoms with Crippen molar-refractivity contribution in [1.82, 2.24) is 15.0 Å². The fraction of sp³-hybridized carbons (Fsp3) is 0.133. The molecule has 0 atom stereocenters. The molecule has 3 aromatic heterocycles. The molecule has 0 aliphatic heterocycles. The molecule has 3 aromatic rings. The van der Waals surface area contributed by atoms with E-state index in [1.54, 1.807) is 35.7 Å². The maximum absolute atomic E-state index is 11.5. The Balaban J connectivity index is 1.78. The Hall–Kier alpha value is -3.07. The molecular formula is C15H14N6O2S. The summed E-state index contributed by atoms with van der Waals surface area (Å²) in [4.78, 5) is 24.2. The summed E-state index contributed by atoms with van der Waals surface area (Å²) in [6.45, 7) is 0.543. The molecule has 8 nitrogen and oxygen atoms in total. The van der Waals surface area contributed by atoms with Gasteiger partial charge in [0.25, 0.3) is 0 Å². The average Bonchev–Trinajstić information content (AvgIpc) is 3.09. The summed E-state index contributed by atoms with van der Waals surface area (Å²) in [7, 11) is 0. The predicted octanol–water partition coefficient (Wildman–Crippen LogP) is 3.24. The van der Waals surface area contributed by atoms with Crippen LogP contribution in [0.3, 0.4) is 0 Å². The summed E-state index contributed by atoms with van der Waals surface area (Å²) in [6, 6.07) is 9.24. The molecular weight excluding hydrogens is 328 g/mol. The van der Waals surface area contributed by atoms with Crippen molar-refractivity contribution in [2.45, 2.75) is 6.42 Å². The third-order valence-corrected chi connectivity index (χ3v) is 4.10. The second kappa shape index (κ2) is 7.47. The number of nitrogens with zero attached hydrogens (tertiary/aromatic N) is 4. The van der Waals surface area contributed by atoms with Gasteiger partial charge in [-0.2, -0.15) is 0 Å². The van der Waals surface area contributed by atoms with Crippen LogP contribution in [-0.4, -0.2) is 26.4 Å². The number of nitro groups is 1. The van der Waals surface area contributed by atoms with E-state index in [4.69, 9.17) is 0 Å². The molecule has 0 bridgehead atoms. The Kier molecular flexibility index (Phi) is 4.92. The van der Waals surface area contributed by atoms with E-state index in [-0.39, 0.29) is 17.3 Å². The van der Waals surface area contributed by atoms with Crippen LogP contribution in [0, 0.1) is 10.1 Å². The number of pyridine rings is 1. The summed E-state index contributed by atoms with van der Waals surface area (Å²) in [5, 5.41) is 19.3. The first kappa shape index (κ1) is 15.8. The molecule has 0 amide bonds. The van der Waals surface area contributed by atoms with Crippen molar-refractivity contribution in [2.75, 3.05) is 17.2 Å². The molecule has 0 saturated carbocycles. The normalized spacial score (nSPS) is 10.3. The molecule has 0 spiro atoms. The van der Waals surface area contributed by atoms with E-state index in [1.165, 1.54) is 11.2 Å². The zero-order chi connectivity index (χ0) is 16.8. The van der Waals surface area contributed by atoms with Crippen LogP contribution in [0.15, 0.2) is 48.2 Å². The molecule has 0 aliphatic carbocycles. The van der Waals surface area contributed by atoms with Gasteiger partial charge in [0.2, 0.25) is 11.6 Å². The molecule has 0 saturated heterocycles. The van der Waals surface area contributed by atoms with Gasteiger partial charge >= 0.3 is 5.69 Å². The SMILES string of the molecule is O=[N+]([O-])c1c(NCCc2cccs2)ncnc1Nc1ccccn1. The predicted molar refractivity (Wildman–Crippen MR) is 92.7 cm³/mol. The Labute approximate surface area is 141 Å². The number of hydrogen-bond donors (Lipinski definition) is 2. The van der Waals surface area contributed by atoms with Crippen molar-refractivity contribution in [3.05, 3.63) is 63.2 Å². The highest BCUT2D eigenvalue weighted by Crippen LogP contribution is 2.30. The Morgan fingerprint density at radius 3 is 2.71 bits per heavy atom. The first-order valence-corrected chi connectivity index (χ1v) is 8.05. The quantitative estimate of drug-likeness (QED) is 0.501. The minimum atomic E-state index is -0.501. The highest BCUT2D eigenvalue weighted by molar-refractivity contribution is 7.09. The Morgan fingerprint density at radius 1 is 1.12 bits per heavy atom. The topological polar surface area (TPSA) is 106 Å². The molecule has 0 aliphatic rings. The van der Waals surface area contributed by atoms with Crippen LogP contribution in [-0.2, 0) is 6.42 Å². The lowest BCUT2D eigenvalue weighted by molar-refractivity contribution is -0.383. The van der Waals surface area contributed by atoms with Gasteiger partial charge < -0.3 is 10.6 Å². The van der Waals surface area contributed by atoms with Gasteiger partial charge in [-0.1, -0.05) is 12.1 Å². The van der Waals surface area contributed by atoms with E-state index < -0.39 is 4.92 Å². The molecule has 2 N–H and O–H groups in total. The number of rotatable bonds is 7. The summed E-state index contributed by atoms with van der Waals surface area (Å²) in [6.07, 6.45) is 3.64. The molecule has 9 heteroatoms. The maximum atomic E-state index is 11.5. The maximum Gasteiger partial charge on any atom is 0.353 e. The Morgan fingerprint density at radius 2 is 2.00 bits per heavy atom. The molecule has 122 valence electrons. The molecule has 3 rings (SSSR count). The lowest BCUT2D eigenvalue weighted by Crippen LogP contribution is -2.10. The van der Waals surface area contributed by atoms with Crippen molar-refractivity contribution in [1.29, 1.82) is 0 Å². The van der Waals surface area contributed by atoms with Gasteiger partial charge in [0.15, 0.2) is 0 Å². The van der Waals surface area contributed by atoms with Gasteiger partial charge in [0, 0.05) is 17.6 Å². The smallest absolute Gasteiger partial charge is 0.353 e. The second-order valence-corrected chi connectivity index (χ2v) is 5.80. The summed E-state index contributed by atoms with van der Waals surface area (Å²) in [5.74, 6) is 0.765. The van der Waals surface area contributed by atoms with E-state index in [9.17, 15) is 10.1 Å². The van der Waals surface area contributed by atoms with Crippen LogP contribution in [0.5, 0.6) is 0 Å². The first-order valence-electron chi connectivity index (χ1n) is 7.18. The molecule has 0 unspecified atom stereocenters. The van der Waals surface area contributed by atoms with Gasteiger partial charge in [-0.3, -0.25) is 10.1 Å². The zero-order valence-electron chi connectivity index (χ0n) is 12.5. The third kappa shape index (κ3) is 3.82. The van der Waals surface area contributed by atoms with Crippen LogP contribution in [0.1, 0.15) is 4.88 Å². The second-order valence-electron chi connectivity index (χ2n) is 4.77. The van der Waals surface area contributed by atoms with Gasteiger partial charge in [-0.05, 0) is 30.0 Å². The number of hydrogen-bond acceptors (Lipinski definition) is 8. The average molecular weight is 342 g/mol. The minimum Gasteiger partial charge on any atom is -0.364 e. The Bertz CT molecular complexity index is 810. The molecule has 24 heavy (non-hydrogen) atoms. The lowest BCUT2D eigenvalue weighted by atomic mass is 10.3. The fourth-order valence-corrected chi connectivity index (χ4v) is 2.80. The summed E-state index contributed by atoms with van der Waals surface area (Å²) in [5.41, 5.74) is -0.200. The summed E-state index contributed by atoms with van der Waals surface area (Å²) >= 11 is 1.65. The molecule has 3 heterocycles. The van der Waals surface area contributed by atoms with Crippen LogP contribution in [0.2, 0.25) is 0 Å². The lowest BCUT2D eigenvalue weighted by Gasteiger charge is -2.09. The van der Waals surface area contributed by atoms with E-state index in [2.05, 4.69) is 25.6 Å². The fourth-order valence-electron chi connectivity index (χ4n) is 2.09. The van der Waals surface area contributed by atoms with E-state index >= 15 is 0 Å². The van der Waals surface area contributed by atoms with Crippen molar-refractivity contribution in [3.8, 4) is 0 Å². The molecule has 0 aromatic carbocycles. The first-order chi connectivity index (χ1) is 11.7. The van der Waals surface area contributed by atoms with Crippen molar-refractivity contribution in [3.63, 3.8) is 0 Å². The van der Waals surface area contributed by atoms with Crippen molar-refractivity contribution in [2.24, 2.45) is 0 Å². The van der Waals surface area contributed by atoms with Gasteiger partial charge in [0.05, 0.1) is 4.92 Å². The molecule has 0 fully saturated rings. The standard InChI is InChI=1S/C15H14N6O2S/c22-21(23)13-14(17-8-6-11-4-3-9-24-11)18-10-19-15(13)20-12-5-1-2-7-16-12/h1-5,7,9-10H,6,8H2,(H2,16,17,18,19,20). The van der Waals surface area contributed by atoms with Crippen molar-refractivity contribution < 1.29 is 4.92 Å². The van der Waals surface area contributed by atoms with Crippen molar-refractivity contribution >= 4 is 34.5 Å². The monoisotopic (exact) mass is 342 g/mol. The van der Waals surface area contributed by atoms with E-state index in [0.29, 0.717) is 12.4 Å². The van der Waals surface area contributed by atoms with Gasteiger partial charge in [-0.25, -0.2) is 15.0 Å². The number of thiophene rings is 1. The highest BCUT2D eigenvalue weighted by Gasteiger charge is 2.23. The third-order valence-electron chi connectivity index (χ3n) is 3.16.